The Hall–Kier alpha value is -1.40. The second-order valence-corrected chi connectivity index (χ2v) is 3.75. The Morgan fingerprint density at radius 1 is 1.75 bits per heavy atom. The molecule has 0 aliphatic carbocycles. The molecule has 16 heavy (non-hydrogen) atoms. The molecule has 1 aliphatic rings. The van der Waals surface area contributed by atoms with Crippen molar-refractivity contribution >= 4 is 5.91 Å². The van der Waals surface area contributed by atoms with Crippen LogP contribution in [0.25, 0.3) is 0 Å². The summed E-state index contributed by atoms with van der Waals surface area (Å²) in [7, 11) is 0. The van der Waals surface area contributed by atoms with Gasteiger partial charge in [-0.25, -0.2) is 0 Å². The number of ether oxygens (including phenoxy) is 1. The minimum absolute atomic E-state index is 0.112. The molecule has 0 spiro atoms. The lowest BCUT2D eigenvalue weighted by atomic mass is 10.2. The highest BCUT2D eigenvalue weighted by Gasteiger charge is 2.30. The summed E-state index contributed by atoms with van der Waals surface area (Å²) in [5, 5.41) is 12.7. The third-order valence-corrected chi connectivity index (χ3v) is 2.64. The van der Waals surface area contributed by atoms with Crippen LogP contribution in [0.1, 0.15) is 16.1 Å². The highest BCUT2D eigenvalue weighted by atomic mass is 16.5. The molecular formula is C10H14N2O4. The number of hydrogen-bond acceptors (Lipinski definition) is 5. The lowest BCUT2D eigenvalue weighted by molar-refractivity contribution is -0.0200. The molecule has 0 radical (unpaired) electrons. The molecule has 1 atom stereocenters. The van der Waals surface area contributed by atoms with Crippen LogP contribution in [0.4, 0.5) is 0 Å². The van der Waals surface area contributed by atoms with E-state index in [1.165, 1.54) is 6.20 Å². The van der Waals surface area contributed by atoms with Gasteiger partial charge in [0.15, 0.2) is 0 Å². The fourth-order valence-corrected chi connectivity index (χ4v) is 1.70. The van der Waals surface area contributed by atoms with Crippen LogP contribution in [0, 0.1) is 6.92 Å². The van der Waals surface area contributed by atoms with Crippen LogP contribution in [0.3, 0.4) is 0 Å². The Morgan fingerprint density at radius 3 is 3.19 bits per heavy atom. The molecule has 1 amide bonds. The molecule has 1 N–H and O–H groups in total. The Bertz CT molecular complexity index is 377. The van der Waals surface area contributed by atoms with Crippen molar-refractivity contribution in [1.29, 1.82) is 0 Å². The second-order valence-electron chi connectivity index (χ2n) is 3.75. The quantitative estimate of drug-likeness (QED) is 0.756. The normalized spacial score (nSPS) is 21.1. The first-order valence-electron chi connectivity index (χ1n) is 5.15. The van der Waals surface area contributed by atoms with Crippen molar-refractivity contribution in [2.24, 2.45) is 0 Å². The summed E-state index contributed by atoms with van der Waals surface area (Å²) in [5.74, 6) is -0.00213. The van der Waals surface area contributed by atoms with Gasteiger partial charge in [-0.1, -0.05) is 5.16 Å². The van der Waals surface area contributed by atoms with Crippen LogP contribution < -0.4 is 0 Å². The van der Waals surface area contributed by atoms with Gasteiger partial charge in [-0.05, 0) is 6.92 Å². The Labute approximate surface area is 92.8 Å². The van der Waals surface area contributed by atoms with Gasteiger partial charge in [0.1, 0.15) is 0 Å². The van der Waals surface area contributed by atoms with Gasteiger partial charge in [0.05, 0.1) is 32.1 Å². The number of morpholine rings is 1. The predicted molar refractivity (Wildman–Crippen MR) is 54.0 cm³/mol. The lowest BCUT2D eigenvalue weighted by Crippen LogP contribution is -2.50. The lowest BCUT2D eigenvalue weighted by Gasteiger charge is -2.33. The van der Waals surface area contributed by atoms with Gasteiger partial charge in [-0.3, -0.25) is 4.79 Å². The standard InChI is InChI=1S/C10H14N2O4/c1-7-4-11-16-9(7)10(14)12-2-3-15-6-8(12)5-13/h4,8,13H,2-3,5-6H2,1H3. The van der Waals surface area contributed by atoms with E-state index in [1.54, 1.807) is 11.8 Å². The van der Waals surface area contributed by atoms with Gasteiger partial charge in [0.2, 0.25) is 5.76 Å². The van der Waals surface area contributed by atoms with Crippen molar-refractivity contribution in [3.63, 3.8) is 0 Å². The average Bonchev–Trinajstić information content (AvgIpc) is 2.74. The Balaban J connectivity index is 2.17. The molecule has 0 aromatic carbocycles. The maximum Gasteiger partial charge on any atom is 0.293 e. The summed E-state index contributed by atoms with van der Waals surface area (Å²) in [6.45, 7) is 2.95. The third kappa shape index (κ3) is 1.94. The number of carbonyl (C=O) groups excluding carboxylic acids is 1. The van der Waals surface area contributed by atoms with Crippen molar-refractivity contribution in [2.45, 2.75) is 13.0 Å². The van der Waals surface area contributed by atoms with Crippen LogP contribution in [0.5, 0.6) is 0 Å². The highest BCUT2D eigenvalue weighted by molar-refractivity contribution is 5.92. The van der Waals surface area contributed by atoms with Gasteiger partial charge in [-0.2, -0.15) is 0 Å². The summed E-state index contributed by atoms with van der Waals surface area (Å²) < 4.78 is 10.1. The van der Waals surface area contributed by atoms with Gasteiger partial charge >= 0.3 is 0 Å². The first-order valence-corrected chi connectivity index (χ1v) is 5.15. The van der Waals surface area contributed by atoms with Crippen molar-refractivity contribution in [1.82, 2.24) is 10.1 Å². The molecule has 1 aromatic rings. The number of amides is 1. The van der Waals surface area contributed by atoms with E-state index in [2.05, 4.69) is 5.16 Å². The van der Waals surface area contributed by atoms with Crippen LogP contribution in [0.15, 0.2) is 10.7 Å². The summed E-state index contributed by atoms with van der Waals surface area (Å²) in [6.07, 6.45) is 1.50. The van der Waals surface area contributed by atoms with E-state index in [-0.39, 0.29) is 24.3 Å². The number of aryl methyl sites for hydroxylation is 1. The molecule has 1 aliphatic heterocycles. The number of carbonyl (C=O) groups is 1. The van der Waals surface area contributed by atoms with E-state index in [9.17, 15) is 4.79 Å². The summed E-state index contributed by atoms with van der Waals surface area (Å²) in [6, 6.07) is -0.300. The Morgan fingerprint density at radius 2 is 2.56 bits per heavy atom. The van der Waals surface area contributed by atoms with E-state index in [0.717, 1.165) is 0 Å². The maximum atomic E-state index is 12.1. The molecule has 88 valence electrons. The molecule has 1 saturated heterocycles. The van der Waals surface area contributed by atoms with Crippen molar-refractivity contribution in [3.05, 3.63) is 17.5 Å². The number of aliphatic hydroxyl groups is 1. The second kappa shape index (κ2) is 4.63. The average molecular weight is 226 g/mol. The molecule has 0 saturated carbocycles. The SMILES string of the molecule is Cc1cnoc1C(=O)N1CCOCC1CO. The monoisotopic (exact) mass is 226 g/mol. The predicted octanol–water partition coefficient (Wildman–Crippen LogP) is -0.184. The van der Waals surface area contributed by atoms with Gasteiger partial charge in [0, 0.05) is 12.1 Å². The number of nitrogens with zero attached hydrogens (tertiary/aromatic N) is 2. The van der Waals surface area contributed by atoms with E-state index in [4.69, 9.17) is 14.4 Å². The van der Waals surface area contributed by atoms with Crippen molar-refractivity contribution < 1.29 is 19.2 Å². The summed E-state index contributed by atoms with van der Waals surface area (Å²) >= 11 is 0. The van der Waals surface area contributed by atoms with E-state index >= 15 is 0 Å². The first kappa shape index (κ1) is 11.1. The maximum absolute atomic E-state index is 12.1. The molecule has 2 heterocycles. The number of aliphatic hydroxyl groups excluding tert-OH is 1. The van der Waals surface area contributed by atoms with Gasteiger partial charge in [0.25, 0.3) is 5.91 Å². The number of aromatic nitrogens is 1. The molecule has 1 aromatic heterocycles. The van der Waals surface area contributed by atoms with Gasteiger partial charge in [-0.15, -0.1) is 0 Å². The topological polar surface area (TPSA) is 75.8 Å². The minimum atomic E-state index is -0.300. The smallest absolute Gasteiger partial charge is 0.293 e. The zero-order valence-corrected chi connectivity index (χ0v) is 9.05. The van der Waals surface area contributed by atoms with E-state index in [1.807, 2.05) is 0 Å². The number of hydrogen-bond donors (Lipinski definition) is 1. The third-order valence-electron chi connectivity index (χ3n) is 2.64. The zero-order chi connectivity index (χ0) is 11.5. The first-order chi connectivity index (χ1) is 7.74. The molecule has 1 fully saturated rings. The van der Waals surface area contributed by atoms with Crippen LogP contribution >= 0.6 is 0 Å². The zero-order valence-electron chi connectivity index (χ0n) is 9.05. The fourth-order valence-electron chi connectivity index (χ4n) is 1.70. The largest absolute Gasteiger partial charge is 0.394 e. The van der Waals surface area contributed by atoms with E-state index < -0.39 is 0 Å². The molecule has 0 bridgehead atoms. The molecule has 6 nitrogen and oxygen atoms in total. The van der Waals surface area contributed by atoms with Crippen molar-refractivity contribution in [2.75, 3.05) is 26.4 Å². The number of rotatable bonds is 2. The summed E-state index contributed by atoms with van der Waals surface area (Å²) in [4.78, 5) is 13.6. The Kier molecular flexibility index (Phi) is 3.21. The molecule has 6 heteroatoms. The molecule has 2 rings (SSSR count). The van der Waals surface area contributed by atoms with Crippen LogP contribution in [0.2, 0.25) is 0 Å². The molecule has 1 unspecified atom stereocenters. The molecular weight excluding hydrogens is 212 g/mol. The summed E-state index contributed by atoms with van der Waals surface area (Å²) in [5.41, 5.74) is 0.702. The fraction of sp³-hybridized carbons (Fsp3) is 0.600. The van der Waals surface area contributed by atoms with E-state index in [0.29, 0.717) is 25.3 Å². The van der Waals surface area contributed by atoms with Crippen LogP contribution in [-0.2, 0) is 4.74 Å². The van der Waals surface area contributed by atoms with Gasteiger partial charge < -0.3 is 19.3 Å². The highest BCUT2D eigenvalue weighted by Crippen LogP contribution is 2.14. The van der Waals surface area contributed by atoms with Crippen LogP contribution in [-0.4, -0.2) is 53.5 Å². The van der Waals surface area contributed by atoms with Crippen molar-refractivity contribution in [3.8, 4) is 0 Å². The minimum Gasteiger partial charge on any atom is -0.394 e.